The van der Waals surface area contributed by atoms with Crippen molar-refractivity contribution in [2.75, 3.05) is 5.32 Å². The topological polar surface area (TPSA) is 108 Å². The summed E-state index contributed by atoms with van der Waals surface area (Å²) in [4.78, 5) is 23.2. The summed E-state index contributed by atoms with van der Waals surface area (Å²) in [6, 6.07) is 4.14. The van der Waals surface area contributed by atoms with Crippen molar-refractivity contribution in [3.05, 3.63) is 67.5 Å². The van der Waals surface area contributed by atoms with Gasteiger partial charge in [-0.25, -0.2) is 4.39 Å². The van der Waals surface area contributed by atoms with Gasteiger partial charge in [0.15, 0.2) is 0 Å². The number of aromatic nitrogens is 4. The van der Waals surface area contributed by atoms with Crippen molar-refractivity contribution in [3.63, 3.8) is 0 Å². The lowest BCUT2D eigenvalue weighted by molar-refractivity contribution is -0.386. The molecule has 1 amide bonds. The highest BCUT2D eigenvalue weighted by atomic mass is 35.5. The summed E-state index contributed by atoms with van der Waals surface area (Å²) in [5.41, 5.74) is 2.98. The van der Waals surface area contributed by atoms with E-state index in [1.165, 1.54) is 23.7 Å². The summed E-state index contributed by atoms with van der Waals surface area (Å²) >= 11 is 6.10. The van der Waals surface area contributed by atoms with Crippen molar-refractivity contribution in [1.82, 2.24) is 19.6 Å². The lowest BCUT2D eigenvalue weighted by Crippen LogP contribution is -2.21. The molecule has 2 heterocycles. The molecule has 0 fully saturated rings. The fraction of sp³-hybridized carbons (Fsp3) is 0.316. The Kier molecular flexibility index (Phi) is 5.88. The molecule has 0 atom stereocenters. The molecule has 11 heteroatoms. The smallest absolute Gasteiger partial charge is 0.312 e. The van der Waals surface area contributed by atoms with Crippen molar-refractivity contribution >= 4 is 28.9 Å². The van der Waals surface area contributed by atoms with Crippen LogP contribution in [0.15, 0.2) is 18.2 Å². The van der Waals surface area contributed by atoms with Crippen LogP contribution in [0.25, 0.3) is 0 Å². The number of halogens is 2. The highest BCUT2D eigenvalue weighted by Crippen LogP contribution is 2.24. The summed E-state index contributed by atoms with van der Waals surface area (Å²) in [6.07, 6.45) is 0. The van der Waals surface area contributed by atoms with Gasteiger partial charge >= 0.3 is 5.69 Å². The largest absolute Gasteiger partial charge is 0.321 e. The number of nitrogens with zero attached hydrogens (tertiary/aromatic N) is 5. The summed E-state index contributed by atoms with van der Waals surface area (Å²) in [7, 11) is 0. The van der Waals surface area contributed by atoms with Crippen molar-refractivity contribution in [1.29, 1.82) is 0 Å². The van der Waals surface area contributed by atoms with Crippen LogP contribution in [-0.2, 0) is 17.9 Å². The second-order valence-electron chi connectivity index (χ2n) is 6.92. The Morgan fingerprint density at radius 1 is 1.17 bits per heavy atom. The van der Waals surface area contributed by atoms with Gasteiger partial charge in [-0.05, 0) is 45.4 Å². The van der Waals surface area contributed by atoms with Gasteiger partial charge in [0, 0.05) is 5.02 Å². The van der Waals surface area contributed by atoms with Gasteiger partial charge in [-0.1, -0.05) is 17.7 Å². The van der Waals surface area contributed by atoms with Gasteiger partial charge in [-0.3, -0.25) is 24.3 Å². The molecule has 158 valence electrons. The van der Waals surface area contributed by atoms with Crippen LogP contribution in [0.3, 0.4) is 0 Å². The van der Waals surface area contributed by atoms with Crippen LogP contribution < -0.4 is 5.32 Å². The molecule has 0 bridgehead atoms. The van der Waals surface area contributed by atoms with Crippen molar-refractivity contribution < 1.29 is 14.1 Å². The predicted molar refractivity (Wildman–Crippen MR) is 109 cm³/mol. The van der Waals surface area contributed by atoms with Crippen LogP contribution >= 0.6 is 11.6 Å². The summed E-state index contributed by atoms with van der Waals surface area (Å²) in [5, 5.41) is 22.7. The lowest BCUT2D eigenvalue weighted by Gasteiger charge is -2.09. The zero-order valence-corrected chi connectivity index (χ0v) is 17.6. The number of aryl methyl sites for hydroxylation is 2. The zero-order valence-electron chi connectivity index (χ0n) is 16.9. The summed E-state index contributed by atoms with van der Waals surface area (Å²) < 4.78 is 16.2. The number of carbonyl (C=O) groups is 1. The first kappa shape index (κ1) is 21.4. The summed E-state index contributed by atoms with van der Waals surface area (Å²) in [6.45, 7) is 6.76. The van der Waals surface area contributed by atoms with E-state index in [-0.39, 0.29) is 23.8 Å². The molecule has 0 saturated carbocycles. The number of nitro groups is 1. The first-order valence-corrected chi connectivity index (χ1v) is 9.42. The molecule has 0 aliphatic rings. The number of nitrogens with one attached hydrogen (secondary N) is 1. The molecule has 2 aromatic heterocycles. The monoisotopic (exact) mass is 434 g/mol. The van der Waals surface area contributed by atoms with Gasteiger partial charge in [0.25, 0.3) is 0 Å². The maximum atomic E-state index is 13.3. The predicted octanol–water partition coefficient (Wildman–Crippen LogP) is 3.70. The average molecular weight is 435 g/mol. The van der Waals surface area contributed by atoms with E-state index in [0.717, 1.165) is 0 Å². The zero-order chi connectivity index (χ0) is 22.2. The van der Waals surface area contributed by atoms with E-state index < -0.39 is 10.7 Å². The fourth-order valence-electron chi connectivity index (χ4n) is 3.26. The Hall–Kier alpha value is -3.27. The molecule has 1 aromatic carbocycles. The molecule has 0 aliphatic heterocycles. The number of carbonyl (C=O) groups excluding carboxylic acids is 1. The van der Waals surface area contributed by atoms with Crippen LogP contribution in [0, 0.1) is 43.6 Å². The fourth-order valence-corrected chi connectivity index (χ4v) is 3.49. The van der Waals surface area contributed by atoms with Crippen molar-refractivity contribution in [2.24, 2.45) is 0 Å². The van der Waals surface area contributed by atoms with Crippen LogP contribution in [0.2, 0.25) is 5.02 Å². The Bertz CT molecular complexity index is 1150. The number of amides is 1. The molecule has 0 spiro atoms. The minimum Gasteiger partial charge on any atom is -0.321 e. The maximum absolute atomic E-state index is 13.3. The maximum Gasteiger partial charge on any atom is 0.312 e. The van der Waals surface area contributed by atoms with E-state index in [1.807, 2.05) is 0 Å². The molecular weight excluding hydrogens is 415 g/mol. The number of rotatable bonds is 6. The molecule has 1 N–H and O–H groups in total. The van der Waals surface area contributed by atoms with E-state index in [2.05, 4.69) is 15.5 Å². The van der Waals surface area contributed by atoms with Gasteiger partial charge in [-0.15, -0.1) is 0 Å². The van der Waals surface area contributed by atoms with Gasteiger partial charge in [-0.2, -0.15) is 10.2 Å². The van der Waals surface area contributed by atoms with Crippen LogP contribution in [0.4, 0.5) is 15.8 Å². The van der Waals surface area contributed by atoms with E-state index in [4.69, 9.17) is 11.6 Å². The molecular formula is C19H20ClFN6O3. The number of hydrogen-bond acceptors (Lipinski definition) is 5. The third-order valence-corrected chi connectivity index (χ3v) is 5.15. The molecule has 0 unspecified atom stereocenters. The Morgan fingerprint density at radius 2 is 1.83 bits per heavy atom. The molecule has 0 saturated heterocycles. The molecule has 30 heavy (non-hydrogen) atoms. The highest BCUT2D eigenvalue weighted by Gasteiger charge is 2.23. The van der Waals surface area contributed by atoms with E-state index in [9.17, 15) is 19.3 Å². The van der Waals surface area contributed by atoms with E-state index >= 15 is 0 Å². The molecule has 3 aromatic rings. The van der Waals surface area contributed by atoms with Gasteiger partial charge in [0.05, 0.1) is 28.5 Å². The third-order valence-electron chi connectivity index (χ3n) is 4.80. The summed E-state index contributed by atoms with van der Waals surface area (Å²) in [5.74, 6) is -0.810. The highest BCUT2D eigenvalue weighted by molar-refractivity contribution is 6.31. The molecule has 0 radical (unpaired) electrons. The van der Waals surface area contributed by atoms with Crippen LogP contribution in [0.1, 0.15) is 28.3 Å². The van der Waals surface area contributed by atoms with E-state index in [1.54, 1.807) is 31.5 Å². The number of hydrogen-bond donors (Lipinski definition) is 1. The van der Waals surface area contributed by atoms with Crippen molar-refractivity contribution in [2.45, 2.75) is 40.8 Å². The number of anilines is 1. The van der Waals surface area contributed by atoms with E-state index in [0.29, 0.717) is 39.9 Å². The molecule has 0 aliphatic carbocycles. The second kappa shape index (κ2) is 8.23. The van der Waals surface area contributed by atoms with Gasteiger partial charge in [0.1, 0.15) is 23.7 Å². The third kappa shape index (κ3) is 4.18. The molecule has 9 nitrogen and oxygen atoms in total. The Morgan fingerprint density at radius 3 is 2.43 bits per heavy atom. The average Bonchev–Trinajstić information content (AvgIpc) is 3.07. The normalized spacial score (nSPS) is 11.0. The second-order valence-corrected chi connectivity index (χ2v) is 7.33. The quantitative estimate of drug-likeness (QED) is 0.470. The molecule has 3 rings (SSSR count). The minimum atomic E-state index is -0.509. The first-order valence-electron chi connectivity index (χ1n) is 9.04. The van der Waals surface area contributed by atoms with Crippen LogP contribution in [-0.4, -0.2) is 30.4 Å². The SMILES string of the molecule is Cc1nn(Cc2ccc(F)cc2Cl)c(C)c1NC(=O)Cn1nc(C)c([N+](=O)[O-])c1C. The number of benzene rings is 1. The Labute approximate surface area is 176 Å². The standard InChI is InChI=1S/C19H20ClFN6O3/c1-10-18(12(3)25(23-10)8-14-5-6-15(21)7-16(14)20)22-17(28)9-26-13(4)19(27(29)30)11(2)24-26/h5-7H,8-9H2,1-4H3,(H,22,28). The Balaban J connectivity index is 1.78. The van der Waals surface area contributed by atoms with Crippen molar-refractivity contribution in [3.8, 4) is 0 Å². The van der Waals surface area contributed by atoms with Crippen LogP contribution in [0.5, 0.6) is 0 Å². The first-order chi connectivity index (χ1) is 14.1. The van der Waals surface area contributed by atoms with Gasteiger partial charge in [0.2, 0.25) is 5.91 Å². The van der Waals surface area contributed by atoms with Gasteiger partial charge < -0.3 is 5.32 Å². The minimum absolute atomic E-state index is 0.0980. The lowest BCUT2D eigenvalue weighted by atomic mass is 10.2.